The summed E-state index contributed by atoms with van der Waals surface area (Å²) in [6.45, 7) is 1.59. The molecular formula is C14H27NO3S. The van der Waals surface area contributed by atoms with Gasteiger partial charge in [0, 0.05) is 19.7 Å². The van der Waals surface area contributed by atoms with Gasteiger partial charge in [0.1, 0.15) is 0 Å². The van der Waals surface area contributed by atoms with Gasteiger partial charge in [0.15, 0.2) is 0 Å². The van der Waals surface area contributed by atoms with Crippen molar-refractivity contribution in [1.82, 2.24) is 4.31 Å². The smallest absolute Gasteiger partial charge is 0.211 e. The molecule has 112 valence electrons. The lowest BCUT2D eigenvalue weighted by Gasteiger charge is -2.34. The number of aliphatic hydroxyl groups is 1. The van der Waals surface area contributed by atoms with Gasteiger partial charge in [-0.15, -0.1) is 0 Å². The molecule has 1 saturated heterocycles. The van der Waals surface area contributed by atoms with Crippen LogP contribution in [0.1, 0.15) is 44.9 Å². The molecule has 2 aliphatic rings. The summed E-state index contributed by atoms with van der Waals surface area (Å²) in [5.74, 6) is 1.48. The maximum absolute atomic E-state index is 11.6. The Hall–Kier alpha value is -0.130. The Labute approximate surface area is 117 Å². The first-order valence-electron chi connectivity index (χ1n) is 7.56. The van der Waals surface area contributed by atoms with E-state index in [1.807, 2.05) is 0 Å². The van der Waals surface area contributed by atoms with E-state index in [0.29, 0.717) is 30.8 Å². The summed E-state index contributed by atoms with van der Waals surface area (Å²) in [4.78, 5) is 0. The van der Waals surface area contributed by atoms with Gasteiger partial charge in [0.25, 0.3) is 0 Å². The van der Waals surface area contributed by atoms with Crippen LogP contribution in [0.4, 0.5) is 0 Å². The third kappa shape index (κ3) is 4.17. The molecule has 5 heteroatoms. The Balaban J connectivity index is 1.90. The van der Waals surface area contributed by atoms with Crippen molar-refractivity contribution in [3.05, 3.63) is 0 Å². The highest BCUT2D eigenvalue weighted by Crippen LogP contribution is 2.36. The van der Waals surface area contributed by atoms with E-state index < -0.39 is 10.0 Å². The van der Waals surface area contributed by atoms with Crippen molar-refractivity contribution in [1.29, 1.82) is 0 Å². The van der Waals surface area contributed by atoms with Crippen molar-refractivity contribution in [2.75, 3.05) is 26.0 Å². The van der Waals surface area contributed by atoms with Gasteiger partial charge >= 0.3 is 0 Å². The zero-order chi connectivity index (χ0) is 13.9. The monoisotopic (exact) mass is 289 g/mol. The molecular weight excluding hydrogens is 262 g/mol. The van der Waals surface area contributed by atoms with Gasteiger partial charge < -0.3 is 5.11 Å². The molecule has 2 atom stereocenters. The fraction of sp³-hybridized carbons (Fsp3) is 1.00. The summed E-state index contributed by atoms with van der Waals surface area (Å²) in [7, 11) is -3.05. The molecule has 1 heterocycles. The van der Waals surface area contributed by atoms with Crippen LogP contribution in [-0.2, 0) is 10.0 Å². The highest BCUT2D eigenvalue weighted by molar-refractivity contribution is 7.88. The first kappa shape index (κ1) is 15.3. The molecule has 0 aromatic rings. The van der Waals surface area contributed by atoms with Crippen LogP contribution in [0.3, 0.4) is 0 Å². The summed E-state index contributed by atoms with van der Waals surface area (Å²) in [5, 5.41) is 9.61. The van der Waals surface area contributed by atoms with Crippen molar-refractivity contribution in [2.45, 2.75) is 44.9 Å². The topological polar surface area (TPSA) is 57.6 Å². The van der Waals surface area contributed by atoms with Crippen LogP contribution in [0, 0.1) is 17.8 Å². The zero-order valence-electron chi connectivity index (χ0n) is 11.9. The largest absolute Gasteiger partial charge is 0.396 e. The van der Waals surface area contributed by atoms with Gasteiger partial charge in [-0.05, 0) is 37.0 Å². The van der Waals surface area contributed by atoms with Crippen molar-refractivity contribution in [2.24, 2.45) is 17.8 Å². The first-order valence-corrected chi connectivity index (χ1v) is 9.41. The van der Waals surface area contributed by atoms with E-state index in [1.54, 1.807) is 4.31 Å². The molecule has 1 aliphatic heterocycles. The summed E-state index contributed by atoms with van der Waals surface area (Å²) in [6.07, 6.45) is 9.43. The molecule has 1 aliphatic carbocycles. The number of rotatable bonds is 5. The fourth-order valence-corrected chi connectivity index (χ4v) is 4.74. The number of hydrogen-bond acceptors (Lipinski definition) is 3. The standard InChI is InChI=1S/C14H27NO3S/c1-19(17,18)15-8-4-5-12(10-15)9-14(11-16)13-6-2-3-7-13/h12-14,16H,2-11H2,1H3. The Morgan fingerprint density at radius 2 is 1.89 bits per heavy atom. The van der Waals surface area contributed by atoms with Crippen LogP contribution < -0.4 is 0 Å². The molecule has 0 aromatic heterocycles. The minimum absolute atomic E-state index is 0.264. The van der Waals surface area contributed by atoms with Crippen molar-refractivity contribution < 1.29 is 13.5 Å². The third-order valence-electron chi connectivity index (χ3n) is 4.89. The number of nitrogens with zero attached hydrogens (tertiary/aromatic N) is 1. The van der Waals surface area contributed by atoms with Gasteiger partial charge in [-0.3, -0.25) is 0 Å². The van der Waals surface area contributed by atoms with E-state index in [1.165, 1.54) is 31.9 Å². The van der Waals surface area contributed by atoms with Crippen molar-refractivity contribution >= 4 is 10.0 Å². The lowest BCUT2D eigenvalue weighted by atomic mass is 9.81. The summed E-state index contributed by atoms with van der Waals surface area (Å²) in [6, 6.07) is 0. The number of aliphatic hydroxyl groups excluding tert-OH is 1. The molecule has 0 amide bonds. The quantitative estimate of drug-likeness (QED) is 0.840. The summed E-state index contributed by atoms with van der Waals surface area (Å²) in [5.41, 5.74) is 0. The molecule has 4 nitrogen and oxygen atoms in total. The molecule has 0 aromatic carbocycles. The van der Waals surface area contributed by atoms with E-state index in [4.69, 9.17) is 0 Å². The van der Waals surface area contributed by atoms with Gasteiger partial charge in [0.05, 0.1) is 6.26 Å². The molecule has 1 N–H and O–H groups in total. The molecule has 2 fully saturated rings. The van der Waals surface area contributed by atoms with E-state index in [2.05, 4.69) is 0 Å². The van der Waals surface area contributed by atoms with Crippen molar-refractivity contribution in [3.8, 4) is 0 Å². The minimum atomic E-state index is -3.05. The molecule has 0 spiro atoms. The lowest BCUT2D eigenvalue weighted by Crippen LogP contribution is -2.40. The predicted molar refractivity (Wildman–Crippen MR) is 76.3 cm³/mol. The SMILES string of the molecule is CS(=O)(=O)N1CCCC(CC(CO)C2CCCC2)C1. The zero-order valence-corrected chi connectivity index (χ0v) is 12.7. The predicted octanol–water partition coefficient (Wildman–Crippen LogP) is 1.85. The second-order valence-electron chi connectivity index (χ2n) is 6.35. The van der Waals surface area contributed by atoms with Gasteiger partial charge in [-0.1, -0.05) is 25.7 Å². The highest BCUT2D eigenvalue weighted by atomic mass is 32.2. The Morgan fingerprint density at radius 1 is 1.21 bits per heavy atom. The summed E-state index contributed by atoms with van der Waals surface area (Å²) < 4.78 is 24.9. The Morgan fingerprint density at radius 3 is 2.47 bits per heavy atom. The number of piperidine rings is 1. The van der Waals surface area contributed by atoms with E-state index in [0.717, 1.165) is 19.3 Å². The Kier molecular flexibility index (Phi) is 5.26. The molecule has 0 radical (unpaired) electrons. The van der Waals surface area contributed by atoms with E-state index >= 15 is 0 Å². The summed E-state index contributed by atoms with van der Waals surface area (Å²) >= 11 is 0. The van der Waals surface area contributed by atoms with Crippen LogP contribution in [0.15, 0.2) is 0 Å². The van der Waals surface area contributed by atoms with Crippen LogP contribution >= 0.6 is 0 Å². The highest BCUT2D eigenvalue weighted by Gasteiger charge is 2.31. The Bertz CT molecular complexity index is 376. The normalized spacial score (nSPS) is 28.6. The average molecular weight is 289 g/mol. The second-order valence-corrected chi connectivity index (χ2v) is 8.33. The van der Waals surface area contributed by atoms with E-state index in [9.17, 15) is 13.5 Å². The number of hydrogen-bond donors (Lipinski definition) is 1. The molecule has 2 unspecified atom stereocenters. The first-order chi connectivity index (χ1) is 9.00. The molecule has 1 saturated carbocycles. The second kappa shape index (κ2) is 6.55. The van der Waals surface area contributed by atoms with Gasteiger partial charge in [-0.25, -0.2) is 12.7 Å². The number of sulfonamides is 1. The van der Waals surface area contributed by atoms with Crippen LogP contribution in [-0.4, -0.2) is 43.8 Å². The van der Waals surface area contributed by atoms with Gasteiger partial charge in [-0.2, -0.15) is 0 Å². The average Bonchev–Trinajstić information content (AvgIpc) is 2.89. The molecule has 0 bridgehead atoms. The fourth-order valence-electron chi connectivity index (χ4n) is 3.79. The van der Waals surface area contributed by atoms with Crippen molar-refractivity contribution in [3.63, 3.8) is 0 Å². The van der Waals surface area contributed by atoms with Crippen LogP contribution in [0.25, 0.3) is 0 Å². The maximum Gasteiger partial charge on any atom is 0.211 e. The van der Waals surface area contributed by atoms with Crippen LogP contribution in [0.2, 0.25) is 0 Å². The molecule has 19 heavy (non-hydrogen) atoms. The molecule has 2 rings (SSSR count). The van der Waals surface area contributed by atoms with E-state index in [-0.39, 0.29) is 6.61 Å². The van der Waals surface area contributed by atoms with Gasteiger partial charge in [0.2, 0.25) is 10.0 Å². The third-order valence-corrected chi connectivity index (χ3v) is 6.16. The maximum atomic E-state index is 11.6. The lowest BCUT2D eigenvalue weighted by molar-refractivity contribution is 0.131. The minimum Gasteiger partial charge on any atom is -0.396 e. The van der Waals surface area contributed by atoms with Crippen LogP contribution in [0.5, 0.6) is 0 Å².